The summed E-state index contributed by atoms with van der Waals surface area (Å²) in [5.74, 6) is 1.06. The van der Waals surface area contributed by atoms with Crippen LogP contribution in [0, 0.1) is 34.5 Å². The molecule has 0 heterocycles. The second kappa shape index (κ2) is 7.94. The minimum absolute atomic E-state index is 0.00592. The Bertz CT molecular complexity index is 1050. The molecule has 2 saturated carbocycles. The number of rotatable bonds is 4. The zero-order valence-corrected chi connectivity index (χ0v) is 20.0. The number of aliphatic hydroxyl groups excluding tert-OH is 1. The van der Waals surface area contributed by atoms with E-state index in [1.54, 1.807) is 6.92 Å². The van der Waals surface area contributed by atoms with E-state index in [2.05, 4.69) is 19.9 Å². The van der Waals surface area contributed by atoms with Crippen LogP contribution in [0.1, 0.15) is 87.7 Å². The number of carbonyl (C=O) groups excluding carboxylic acids is 1. The van der Waals surface area contributed by atoms with E-state index in [9.17, 15) is 19.8 Å². The van der Waals surface area contributed by atoms with Crippen molar-refractivity contribution >= 4 is 11.8 Å². The van der Waals surface area contributed by atoms with Gasteiger partial charge in [-0.15, -0.1) is 0 Å². The molecule has 33 heavy (non-hydrogen) atoms. The van der Waals surface area contributed by atoms with Crippen LogP contribution in [0.4, 0.5) is 0 Å². The lowest BCUT2D eigenvalue weighted by molar-refractivity contribution is -0.133. The lowest BCUT2D eigenvalue weighted by Gasteiger charge is -2.57. The van der Waals surface area contributed by atoms with E-state index < -0.39 is 12.1 Å². The monoisotopic (exact) mass is 448 g/mol. The SMILES string of the molecule is CC(O)c1ccccc1C(=O)[C@H]1CC[C@H]2[C@@H]3CC=C4C=C(C(=O)O)CC[C@]4(C)[C@H]3CC[C@]12C. The number of ketones is 1. The Balaban J connectivity index is 1.44. The molecule has 5 rings (SSSR count). The van der Waals surface area contributed by atoms with Crippen LogP contribution in [-0.2, 0) is 4.79 Å². The number of hydrogen-bond acceptors (Lipinski definition) is 3. The Kier molecular flexibility index (Phi) is 5.43. The van der Waals surface area contributed by atoms with Crippen molar-refractivity contribution in [3.63, 3.8) is 0 Å². The molecule has 4 nitrogen and oxygen atoms in total. The lowest BCUT2D eigenvalue weighted by atomic mass is 9.47. The van der Waals surface area contributed by atoms with Crippen LogP contribution in [0.25, 0.3) is 0 Å². The minimum Gasteiger partial charge on any atom is -0.478 e. The van der Waals surface area contributed by atoms with E-state index in [-0.39, 0.29) is 22.5 Å². The zero-order chi connectivity index (χ0) is 23.5. The number of aliphatic hydroxyl groups is 1. The Labute approximate surface area is 196 Å². The third-order valence-electron chi connectivity index (χ3n) is 10.0. The molecule has 176 valence electrons. The molecular formula is C29H36O4. The molecule has 2 N–H and O–H groups in total. The van der Waals surface area contributed by atoms with Gasteiger partial charge in [0.25, 0.3) is 0 Å². The van der Waals surface area contributed by atoms with Gasteiger partial charge in [-0.25, -0.2) is 4.79 Å². The van der Waals surface area contributed by atoms with Gasteiger partial charge < -0.3 is 10.2 Å². The molecule has 4 aliphatic rings. The zero-order valence-electron chi connectivity index (χ0n) is 20.0. The molecule has 0 aliphatic heterocycles. The Morgan fingerprint density at radius 2 is 1.82 bits per heavy atom. The third-order valence-corrected chi connectivity index (χ3v) is 10.0. The van der Waals surface area contributed by atoms with Gasteiger partial charge in [-0.2, -0.15) is 0 Å². The second-order valence-electron chi connectivity index (χ2n) is 11.5. The highest BCUT2D eigenvalue weighted by atomic mass is 16.4. The average Bonchev–Trinajstić information content (AvgIpc) is 3.15. The number of Topliss-reactive ketones (excluding diaryl/α,β-unsaturated/α-hetero) is 1. The third kappa shape index (κ3) is 3.36. The van der Waals surface area contributed by atoms with Gasteiger partial charge in [0, 0.05) is 17.1 Å². The number of aliphatic carboxylic acids is 1. The van der Waals surface area contributed by atoms with Crippen molar-refractivity contribution < 1.29 is 19.8 Å². The van der Waals surface area contributed by atoms with Gasteiger partial charge in [-0.3, -0.25) is 4.79 Å². The molecule has 0 aromatic heterocycles. The van der Waals surface area contributed by atoms with Crippen LogP contribution in [0.3, 0.4) is 0 Å². The Morgan fingerprint density at radius 3 is 2.55 bits per heavy atom. The summed E-state index contributed by atoms with van der Waals surface area (Å²) in [5.41, 5.74) is 3.24. The van der Waals surface area contributed by atoms with Crippen LogP contribution in [0.15, 0.2) is 47.6 Å². The number of hydrogen-bond donors (Lipinski definition) is 2. The molecule has 7 atom stereocenters. The van der Waals surface area contributed by atoms with Crippen molar-refractivity contribution in [1.29, 1.82) is 0 Å². The Morgan fingerprint density at radius 1 is 1.06 bits per heavy atom. The summed E-state index contributed by atoms with van der Waals surface area (Å²) < 4.78 is 0. The highest BCUT2D eigenvalue weighted by Crippen LogP contribution is 2.66. The number of carboxylic acids is 1. The maximum atomic E-state index is 13.8. The standard InChI is InChI=1S/C29H36O4/c1-17(30)20-6-4-5-7-21(20)26(31)25-11-10-23-22-9-8-19-16-18(27(32)33)12-14-28(19,2)24(22)13-15-29(23,25)3/h4-8,16-17,22-25,30H,9-15H2,1-3H3,(H,32,33)/t17?,22-,23-,24-,25+,28-,29-/m0/s1. The molecule has 0 radical (unpaired) electrons. The molecule has 0 bridgehead atoms. The van der Waals surface area contributed by atoms with E-state index >= 15 is 0 Å². The normalized spacial score (nSPS) is 38.3. The smallest absolute Gasteiger partial charge is 0.331 e. The van der Waals surface area contributed by atoms with Gasteiger partial charge >= 0.3 is 5.97 Å². The van der Waals surface area contributed by atoms with Crippen LogP contribution >= 0.6 is 0 Å². The molecule has 0 saturated heterocycles. The summed E-state index contributed by atoms with van der Waals surface area (Å²) in [5, 5.41) is 19.7. The topological polar surface area (TPSA) is 74.6 Å². The van der Waals surface area contributed by atoms with Crippen molar-refractivity contribution in [2.75, 3.05) is 0 Å². The molecule has 1 unspecified atom stereocenters. The number of carbonyl (C=O) groups is 2. The fourth-order valence-electron chi connectivity index (χ4n) is 8.20. The summed E-state index contributed by atoms with van der Waals surface area (Å²) in [6, 6.07) is 7.56. The molecule has 4 heteroatoms. The van der Waals surface area contributed by atoms with Crippen molar-refractivity contribution in [1.82, 2.24) is 0 Å². The van der Waals surface area contributed by atoms with Crippen LogP contribution in [0.2, 0.25) is 0 Å². The van der Waals surface area contributed by atoms with Gasteiger partial charge in [0.2, 0.25) is 0 Å². The first-order valence-electron chi connectivity index (χ1n) is 12.6. The fourth-order valence-corrected chi connectivity index (χ4v) is 8.20. The summed E-state index contributed by atoms with van der Waals surface area (Å²) in [7, 11) is 0. The van der Waals surface area contributed by atoms with Crippen molar-refractivity contribution in [3.8, 4) is 0 Å². The summed E-state index contributed by atoms with van der Waals surface area (Å²) in [4.78, 5) is 25.3. The van der Waals surface area contributed by atoms with Gasteiger partial charge in [-0.05, 0) is 97.7 Å². The molecule has 0 spiro atoms. The number of fused-ring (bicyclic) bond motifs is 5. The predicted molar refractivity (Wildman–Crippen MR) is 128 cm³/mol. The molecule has 1 aromatic carbocycles. The summed E-state index contributed by atoms with van der Waals surface area (Å²) in [6.07, 6.45) is 10.3. The fraction of sp³-hybridized carbons (Fsp3) is 0.586. The number of carboxylic acid groups (broad SMARTS) is 1. The molecule has 4 aliphatic carbocycles. The van der Waals surface area contributed by atoms with Gasteiger partial charge in [0.05, 0.1) is 6.10 Å². The van der Waals surface area contributed by atoms with Gasteiger partial charge in [0.1, 0.15) is 0 Å². The average molecular weight is 449 g/mol. The van der Waals surface area contributed by atoms with E-state index in [4.69, 9.17) is 0 Å². The first-order chi connectivity index (χ1) is 15.7. The molecule has 2 fully saturated rings. The molecule has 1 aromatic rings. The maximum Gasteiger partial charge on any atom is 0.331 e. The van der Waals surface area contributed by atoms with E-state index in [0.29, 0.717) is 35.3 Å². The van der Waals surface area contributed by atoms with E-state index in [1.165, 1.54) is 5.57 Å². The van der Waals surface area contributed by atoms with Crippen LogP contribution in [0.5, 0.6) is 0 Å². The minimum atomic E-state index is -0.786. The molecule has 0 amide bonds. The molecular weight excluding hydrogens is 412 g/mol. The largest absolute Gasteiger partial charge is 0.478 e. The van der Waals surface area contributed by atoms with E-state index in [0.717, 1.165) is 44.1 Å². The maximum absolute atomic E-state index is 13.8. The second-order valence-corrected chi connectivity index (χ2v) is 11.5. The van der Waals surface area contributed by atoms with Gasteiger partial charge in [-0.1, -0.05) is 44.2 Å². The van der Waals surface area contributed by atoms with Crippen LogP contribution < -0.4 is 0 Å². The van der Waals surface area contributed by atoms with E-state index in [1.807, 2.05) is 30.3 Å². The highest BCUT2D eigenvalue weighted by molar-refractivity contribution is 6.00. The van der Waals surface area contributed by atoms with Crippen molar-refractivity contribution in [3.05, 3.63) is 58.7 Å². The lowest BCUT2D eigenvalue weighted by Crippen LogP contribution is -2.50. The predicted octanol–water partition coefficient (Wildman–Crippen LogP) is 6.12. The Hall–Kier alpha value is -2.20. The van der Waals surface area contributed by atoms with Crippen molar-refractivity contribution in [2.24, 2.45) is 34.5 Å². The highest BCUT2D eigenvalue weighted by Gasteiger charge is 2.59. The number of benzene rings is 1. The quantitative estimate of drug-likeness (QED) is 0.544. The number of allylic oxidation sites excluding steroid dienone is 3. The van der Waals surface area contributed by atoms with Crippen LogP contribution in [-0.4, -0.2) is 22.0 Å². The summed E-state index contributed by atoms with van der Waals surface area (Å²) in [6.45, 7) is 6.43. The first kappa shape index (κ1) is 22.6. The summed E-state index contributed by atoms with van der Waals surface area (Å²) >= 11 is 0. The van der Waals surface area contributed by atoms with Crippen molar-refractivity contribution in [2.45, 2.75) is 71.8 Å². The first-order valence-corrected chi connectivity index (χ1v) is 12.6. The van der Waals surface area contributed by atoms with Gasteiger partial charge in [0.15, 0.2) is 5.78 Å².